The van der Waals surface area contributed by atoms with Gasteiger partial charge in [-0.05, 0) is 52.6 Å². The molecule has 1 aliphatic rings. The zero-order valence-corrected chi connectivity index (χ0v) is 15.3. The van der Waals surface area contributed by atoms with E-state index in [0.29, 0.717) is 0 Å². The molecule has 0 amide bonds. The molecule has 0 aliphatic heterocycles. The second-order valence-corrected chi connectivity index (χ2v) is 7.28. The van der Waals surface area contributed by atoms with Gasteiger partial charge in [-0.2, -0.15) is 0 Å². The minimum atomic E-state index is 0.976. The molecule has 5 aromatic rings. The van der Waals surface area contributed by atoms with Gasteiger partial charge in [-0.15, -0.1) is 0 Å². The van der Waals surface area contributed by atoms with E-state index in [1.807, 2.05) is 12.1 Å². The Kier molecular flexibility index (Phi) is 3.26. The second kappa shape index (κ2) is 5.93. The van der Waals surface area contributed by atoms with Crippen LogP contribution >= 0.6 is 0 Å². The van der Waals surface area contributed by atoms with Crippen molar-refractivity contribution in [2.75, 3.05) is 0 Å². The predicted octanol–water partition coefficient (Wildman–Crippen LogP) is 6.42. The van der Waals surface area contributed by atoms with Crippen molar-refractivity contribution in [2.45, 2.75) is 6.42 Å². The van der Waals surface area contributed by atoms with Crippen LogP contribution in [0.4, 0.5) is 0 Å². The standard InChI is InChI=1S/C26H18N2/c1-2-8-19(9-3-1)26-27-23-14-4-5-15-24(23)28(26)22-16-20-12-6-10-18-11-7-13-21(17-22)25(18)20/h1-10,12-17H,11H2. The zero-order valence-electron chi connectivity index (χ0n) is 15.3. The van der Waals surface area contributed by atoms with Crippen LogP contribution in [0.2, 0.25) is 0 Å². The molecule has 2 heteroatoms. The van der Waals surface area contributed by atoms with Crippen molar-refractivity contribution < 1.29 is 0 Å². The Bertz CT molecular complexity index is 1370. The Hall–Kier alpha value is -3.65. The average molecular weight is 358 g/mol. The van der Waals surface area contributed by atoms with E-state index in [9.17, 15) is 0 Å². The van der Waals surface area contributed by atoms with Crippen LogP contribution in [-0.2, 0) is 6.42 Å². The molecule has 1 aliphatic carbocycles. The van der Waals surface area contributed by atoms with E-state index in [0.717, 1.165) is 34.5 Å². The summed E-state index contributed by atoms with van der Waals surface area (Å²) in [5.74, 6) is 0.976. The number of fused-ring (bicyclic) bond motifs is 1. The highest BCUT2D eigenvalue weighted by molar-refractivity contribution is 5.97. The first-order chi connectivity index (χ1) is 13.9. The van der Waals surface area contributed by atoms with Gasteiger partial charge in [-0.1, -0.05) is 72.8 Å². The summed E-state index contributed by atoms with van der Waals surface area (Å²) < 4.78 is 2.29. The minimum absolute atomic E-state index is 0.976. The number of imidazole rings is 1. The summed E-state index contributed by atoms with van der Waals surface area (Å²) in [7, 11) is 0. The van der Waals surface area contributed by atoms with Gasteiger partial charge >= 0.3 is 0 Å². The SMILES string of the molecule is C1=Cc2cc(-n3c(-c4ccccc4)nc4ccccc43)cc3cccc(c23)C1. The lowest BCUT2D eigenvalue weighted by atomic mass is 9.92. The van der Waals surface area contributed by atoms with Gasteiger partial charge in [0.25, 0.3) is 0 Å². The van der Waals surface area contributed by atoms with E-state index < -0.39 is 0 Å². The maximum absolute atomic E-state index is 4.97. The molecule has 6 rings (SSSR count). The number of hydrogen-bond donors (Lipinski definition) is 0. The Morgan fingerprint density at radius 1 is 0.786 bits per heavy atom. The van der Waals surface area contributed by atoms with E-state index in [4.69, 9.17) is 4.98 Å². The summed E-state index contributed by atoms with van der Waals surface area (Å²) >= 11 is 0. The summed E-state index contributed by atoms with van der Waals surface area (Å²) in [6.45, 7) is 0. The van der Waals surface area contributed by atoms with Gasteiger partial charge in [0.15, 0.2) is 0 Å². The van der Waals surface area contributed by atoms with Crippen LogP contribution in [0.25, 0.3) is 45.0 Å². The summed E-state index contributed by atoms with van der Waals surface area (Å²) in [6, 6.07) is 30.0. The molecule has 1 aromatic heterocycles. The number of hydrogen-bond acceptors (Lipinski definition) is 1. The molecule has 0 fully saturated rings. The first-order valence-corrected chi connectivity index (χ1v) is 9.64. The molecule has 28 heavy (non-hydrogen) atoms. The van der Waals surface area contributed by atoms with Gasteiger partial charge in [0, 0.05) is 11.3 Å². The molecule has 0 unspecified atom stereocenters. The molecule has 2 nitrogen and oxygen atoms in total. The van der Waals surface area contributed by atoms with Crippen LogP contribution in [0.5, 0.6) is 0 Å². The normalized spacial score (nSPS) is 12.7. The number of rotatable bonds is 2. The van der Waals surface area contributed by atoms with E-state index in [1.165, 1.54) is 21.9 Å². The van der Waals surface area contributed by atoms with Gasteiger partial charge in [0.2, 0.25) is 0 Å². The quantitative estimate of drug-likeness (QED) is 0.356. The molecule has 0 saturated carbocycles. The van der Waals surface area contributed by atoms with Crippen LogP contribution in [0.3, 0.4) is 0 Å². The molecule has 0 bridgehead atoms. The van der Waals surface area contributed by atoms with Crippen LogP contribution in [-0.4, -0.2) is 9.55 Å². The fraction of sp³-hybridized carbons (Fsp3) is 0.0385. The molecular weight excluding hydrogens is 340 g/mol. The molecule has 0 saturated heterocycles. The monoisotopic (exact) mass is 358 g/mol. The molecule has 4 aromatic carbocycles. The number of para-hydroxylation sites is 2. The van der Waals surface area contributed by atoms with Gasteiger partial charge in [0.1, 0.15) is 5.82 Å². The molecule has 0 spiro atoms. The first-order valence-electron chi connectivity index (χ1n) is 9.64. The van der Waals surface area contributed by atoms with Crippen LogP contribution in [0, 0.1) is 0 Å². The summed E-state index contributed by atoms with van der Waals surface area (Å²) in [5.41, 5.74) is 7.10. The average Bonchev–Trinajstić information content (AvgIpc) is 3.14. The Balaban J connectivity index is 1.71. The fourth-order valence-corrected chi connectivity index (χ4v) is 4.34. The lowest BCUT2D eigenvalue weighted by Gasteiger charge is -2.16. The van der Waals surface area contributed by atoms with Crippen molar-refractivity contribution in [3.8, 4) is 17.1 Å². The summed E-state index contributed by atoms with van der Waals surface area (Å²) in [6.07, 6.45) is 5.51. The van der Waals surface area contributed by atoms with Crippen molar-refractivity contribution in [3.05, 3.63) is 102 Å². The largest absolute Gasteiger partial charge is 0.292 e. The highest BCUT2D eigenvalue weighted by Gasteiger charge is 2.16. The third kappa shape index (κ3) is 2.25. The third-order valence-electron chi connectivity index (χ3n) is 5.56. The van der Waals surface area contributed by atoms with E-state index in [-0.39, 0.29) is 0 Å². The molecule has 0 radical (unpaired) electrons. The number of benzene rings is 4. The summed E-state index contributed by atoms with van der Waals surface area (Å²) in [5, 5.41) is 2.66. The maximum atomic E-state index is 4.97. The smallest absolute Gasteiger partial charge is 0.145 e. The van der Waals surface area contributed by atoms with E-state index in [2.05, 4.69) is 89.5 Å². The molecular formula is C26H18N2. The highest BCUT2D eigenvalue weighted by Crippen LogP contribution is 2.34. The number of aromatic nitrogens is 2. The molecule has 132 valence electrons. The first kappa shape index (κ1) is 15.4. The Labute approximate surface area is 163 Å². The van der Waals surface area contributed by atoms with E-state index >= 15 is 0 Å². The Morgan fingerprint density at radius 2 is 1.64 bits per heavy atom. The predicted molar refractivity (Wildman–Crippen MR) is 117 cm³/mol. The van der Waals surface area contributed by atoms with Crippen LogP contribution < -0.4 is 0 Å². The van der Waals surface area contributed by atoms with Crippen molar-refractivity contribution in [2.24, 2.45) is 0 Å². The van der Waals surface area contributed by atoms with Crippen molar-refractivity contribution in [1.82, 2.24) is 9.55 Å². The topological polar surface area (TPSA) is 17.8 Å². The fourth-order valence-electron chi connectivity index (χ4n) is 4.34. The molecule has 1 heterocycles. The van der Waals surface area contributed by atoms with Crippen molar-refractivity contribution in [1.29, 1.82) is 0 Å². The Morgan fingerprint density at radius 3 is 2.57 bits per heavy atom. The van der Waals surface area contributed by atoms with Crippen LogP contribution in [0.1, 0.15) is 11.1 Å². The van der Waals surface area contributed by atoms with Crippen molar-refractivity contribution >= 4 is 27.9 Å². The van der Waals surface area contributed by atoms with E-state index in [1.54, 1.807) is 0 Å². The number of allylic oxidation sites excluding steroid dienone is 1. The highest BCUT2D eigenvalue weighted by atomic mass is 15.1. The maximum Gasteiger partial charge on any atom is 0.145 e. The zero-order chi connectivity index (χ0) is 18.5. The second-order valence-electron chi connectivity index (χ2n) is 7.28. The number of nitrogens with zero attached hydrogens (tertiary/aromatic N) is 2. The van der Waals surface area contributed by atoms with Gasteiger partial charge in [-0.25, -0.2) is 4.98 Å². The third-order valence-corrected chi connectivity index (χ3v) is 5.56. The van der Waals surface area contributed by atoms with Crippen LogP contribution in [0.15, 0.2) is 91.0 Å². The lowest BCUT2D eigenvalue weighted by molar-refractivity contribution is 1.10. The molecule has 0 atom stereocenters. The van der Waals surface area contributed by atoms with Gasteiger partial charge < -0.3 is 0 Å². The van der Waals surface area contributed by atoms with Gasteiger partial charge in [0.05, 0.1) is 11.0 Å². The van der Waals surface area contributed by atoms with Crippen molar-refractivity contribution in [3.63, 3.8) is 0 Å². The lowest BCUT2D eigenvalue weighted by Crippen LogP contribution is -2.00. The minimum Gasteiger partial charge on any atom is -0.292 e. The summed E-state index contributed by atoms with van der Waals surface area (Å²) in [4.78, 5) is 4.97. The molecule has 0 N–H and O–H groups in total. The van der Waals surface area contributed by atoms with Gasteiger partial charge in [-0.3, -0.25) is 4.57 Å².